The van der Waals surface area contributed by atoms with Gasteiger partial charge in [-0.05, 0) is 31.9 Å². The van der Waals surface area contributed by atoms with Crippen molar-refractivity contribution in [1.29, 1.82) is 0 Å². The number of benzene rings is 1. The molecular weight excluding hydrogens is 449 g/mol. The molecule has 2 N–H and O–H groups in total. The summed E-state index contributed by atoms with van der Waals surface area (Å²) in [6.07, 6.45) is 0.879. The average molecular weight is 481 g/mol. The fourth-order valence-corrected chi connectivity index (χ4v) is 3.54. The molecule has 148 valence electrons. The minimum absolute atomic E-state index is 0. The topological polar surface area (TPSA) is 52.6 Å². The van der Waals surface area contributed by atoms with Gasteiger partial charge in [-0.25, -0.2) is 0 Å². The van der Waals surface area contributed by atoms with Crippen molar-refractivity contribution in [3.63, 3.8) is 0 Å². The third-order valence-electron chi connectivity index (χ3n) is 5.25. The van der Waals surface area contributed by atoms with Gasteiger partial charge in [0.25, 0.3) is 0 Å². The number of rotatable bonds is 5. The number of halogens is 1. The van der Waals surface area contributed by atoms with Crippen molar-refractivity contribution in [2.24, 2.45) is 10.9 Å². The van der Waals surface area contributed by atoms with Gasteiger partial charge in [-0.15, -0.1) is 24.0 Å². The maximum absolute atomic E-state index is 4.74. The van der Waals surface area contributed by atoms with Gasteiger partial charge in [0.05, 0.1) is 5.52 Å². The smallest absolute Gasteiger partial charge is 0.191 e. The lowest BCUT2D eigenvalue weighted by Crippen LogP contribution is -2.47. The highest BCUT2D eigenvalue weighted by atomic mass is 127. The Labute approximate surface area is 180 Å². The Bertz CT molecular complexity index is 761. The molecule has 1 aliphatic heterocycles. The van der Waals surface area contributed by atoms with Gasteiger partial charge >= 0.3 is 0 Å². The van der Waals surface area contributed by atoms with Gasteiger partial charge in [0.1, 0.15) is 0 Å². The lowest BCUT2D eigenvalue weighted by atomic mass is 10.1. The molecule has 2 atom stereocenters. The van der Waals surface area contributed by atoms with Gasteiger partial charge in [-0.2, -0.15) is 0 Å². The standard InChI is InChI=1S/C21H31N5.HI/c1-15(2)26-13-16(3)20(14-26)25-21(22-4)23-12-11-18-10-9-17-7-5-6-8-19(17)24-18;/h5-10,15-16,20H,11-14H2,1-4H3,(H2,22,23,25);1H. The molecule has 1 fully saturated rings. The molecule has 1 aliphatic rings. The van der Waals surface area contributed by atoms with Crippen molar-refractivity contribution in [3.05, 3.63) is 42.1 Å². The summed E-state index contributed by atoms with van der Waals surface area (Å²) in [7, 11) is 1.84. The molecule has 0 spiro atoms. The Balaban J connectivity index is 0.00000261. The largest absolute Gasteiger partial charge is 0.356 e. The highest BCUT2D eigenvalue weighted by Crippen LogP contribution is 2.18. The van der Waals surface area contributed by atoms with Crippen LogP contribution in [0.15, 0.2) is 41.4 Å². The first-order valence-electron chi connectivity index (χ1n) is 9.62. The first-order chi connectivity index (χ1) is 12.6. The van der Waals surface area contributed by atoms with Crippen molar-refractivity contribution in [1.82, 2.24) is 20.5 Å². The van der Waals surface area contributed by atoms with Crippen molar-refractivity contribution in [2.75, 3.05) is 26.7 Å². The number of pyridine rings is 1. The molecule has 0 saturated carbocycles. The number of hydrogen-bond acceptors (Lipinski definition) is 3. The van der Waals surface area contributed by atoms with E-state index in [1.54, 1.807) is 0 Å². The van der Waals surface area contributed by atoms with Crippen LogP contribution in [0.25, 0.3) is 10.9 Å². The molecule has 5 nitrogen and oxygen atoms in total. The van der Waals surface area contributed by atoms with Crippen molar-refractivity contribution in [2.45, 2.75) is 39.3 Å². The van der Waals surface area contributed by atoms with E-state index in [4.69, 9.17) is 4.98 Å². The number of nitrogens with one attached hydrogen (secondary N) is 2. The van der Waals surface area contributed by atoms with Gasteiger partial charge in [0.15, 0.2) is 5.96 Å². The van der Waals surface area contributed by atoms with Crippen molar-refractivity contribution < 1.29 is 0 Å². The van der Waals surface area contributed by atoms with Crippen LogP contribution in [0.5, 0.6) is 0 Å². The van der Waals surface area contributed by atoms with E-state index in [9.17, 15) is 0 Å². The molecule has 1 saturated heterocycles. The minimum atomic E-state index is 0. The van der Waals surface area contributed by atoms with Crippen LogP contribution in [0.4, 0.5) is 0 Å². The van der Waals surface area contributed by atoms with E-state index in [0.29, 0.717) is 18.0 Å². The molecule has 2 unspecified atom stereocenters. The number of hydrogen-bond donors (Lipinski definition) is 2. The lowest BCUT2D eigenvalue weighted by molar-refractivity contribution is 0.265. The second kappa shape index (κ2) is 10.2. The molecule has 6 heteroatoms. The predicted octanol–water partition coefficient (Wildman–Crippen LogP) is 3.29. The fourth-order valence-electron chi connectivity index (χ4n) is 3.54. The molecule has 0 aliphatic carbocycles. The van der Waals surface area contributed by atoms with Crippen molar-refractivity contribution in [3.8, 4) is 0 Å². The normalized spacial score (nSPS) is 20.7. The van der Waals surface area contributed by atoms with Gasteiger partial charge < -0.3 is 10.6 Å². The third-order valence-corrected chi connectivity index (χ3v) is 5.25. The molecule has 2 heterocycles. The molecule has 1 aromatic carbocycles. The summed E-state index contributed by atoms with van der Waals surface area (Å²) in [6.45, 7) is 9.88. The Morgan fingerprint density at radius 3 is 2.70 bits per heavy atom. The van der Waals surface area contributed by atoms with E-state index in [1.165, 1.54) is 5.39 Å². The molecule has 0 radical (unpaired) electrons. The van der Waals surface area contributed by atoms with Gasteiger partial charge in [0.2, 0.25) is 0 Å². The summed E-state index contributed by atoms with van der Waals surface area (Å²) in [6, 6.07) is 13.5. The minimum Gasteiger partial charge on any atom is -0.356 e. The van der Waals surface area contributed by atoms with E-state index in [-0.39, 0.29) is 24.0 Å². The number of likely N-dealkylation sites (tertiary alicyclic amines) is 1. The van der Waals surface area contributed by atoms with E-state index in [0.717, 1.165) is 43.2 Å². The fraction of sp³-hybridized carbons (Fsp3) is 0.524. The van der Waals surface area contributed by atoms with Gasteiger partial charge in [0, 0.05) is 56.3 Å². The molecular formula is C21H32IN5. The average Bonchev–Trinajstić information content (AvgIpc) is 3.01. The summed E-state index contributed by atoms with van der Waals surface area (Å²) in [5.41, 5.74) is 2.16. The molecule has 0 amide bonds. The second-order valence-corrected chi connectivity index (χ2v) is 7.52. The summed E-state index contributed by atoms with van der Waals surface area (Å²) in [5.74, 6) is 1.51. The summed E-state index contributed by atoms with van der Waals surface area (Å²) in [5, 5.41) is 8.22. The molecule has 2 aromatic rings. The number of fused-ring (bicyclic) bond motifs is 1. The summed E-state index contributed by atoms with van der Waals surface area (Å²) >= 11 is 0. The summed E-state index contributed by atoms with van der Waals surface area (Å²) < 4.78 is 0. The van der Waals surface area contributed by atoms with Crippen LogP contribution in [0.2, 0.25) is 0 Å². The van der Waals surface area contributed by atoms with E-state index in [1.807, 2.05) is 19.2 Å². The Morgan fingerprint density at radius 2 is 2.00 bits per heavy atom. The molecule has 27 heavy (non-hydrogen) atoms. The summed E-state index contributed by atoms with van der Waals surface area (Å²) in [4.78, 5) is 11.7. The number of aromatic nitrogens is 1. The van der Waals surface area contributed by atoms with Crippen LogP contribution >= 0.6 is 24.0 Å². The van der Waals surface area contributed by atoms with E-state index in [2.05, 4.69) is 65.6 Å². The van der Waals surface area contributed by atoms with Crippen LogP contribution < -0.4 is 10.6 Å². The Hall–Kier alpha value is -1.41. The number of nitrogens with zero attached hydrogens (tertiary/aromatic N) is 3. The first-order valence-corrected chi connectivity index (χ1v) is 9.62. The van der Waals surface area contributed by atoms with E-state index < -0.39 is 0 Å². The maximum Gasteiger partial charge on any atom is 0.191 e. The quantitative estimate of drug-likeness (QED) is 0.391. The third kappa shape index (κ3) is 5.78. The van der Waals surface area contributed by atoms with Crippen LogP contribution in [0.1, 0.15) is 26.5 Å². The first kappa shape index (κ1) is 21.9. The van der Waals surface area contributed by atoms with Crippen LogP contribution in [-0.2, 0) is 6.42 Å². The zero-order chi connectivity index (χ0) is 18.5. The SMILES string of the molecule is CN=C(NCCc1ccc2ccccc2n1)NC1CN(C(C)C)CC1C.I. The highest BCUT2D eigenvalue weighted by molar-refractivity contribution is 14.0. The monoisotopic (exact) mass is 481 g/mol. The van der Waals surface area contributed by atoms with E-state index >= 15 is 0 Å². The number of guanidine groups is 1. The maximum atomic E-state index is 4.74. The molecule has 1 aromatic heterocycles. The zero-order valence-electron chi connectivity index (χ0n) is 16.8. The zero-order valence-corrected chi connectivity index (χ0v) is 19.1. The highest BCUT2D eigenvalue weighted by Gasteiger charge is 2.31. The van der Waals surface area contributed by atoms with Gasteiger partial charge in [-0.3, -0.25) is 14.9 Å². The predicted molar refractivity (Wildman–Crippen MR) is 125 cm³/mol. The Kier molecular flexibility index (Phi) is 8.28. The second-order valence-electron chi connectivity index (χ2n) is 7.52. The van der Waals surface area contributed by atoms with Crippen LogP contribution in [0.3, 0.4) is 0 Å². The molecule has 3 rings (SSSR count). The number of para-hydroxylation sites is 1. The van der Waals surface area contributed by atoms with Gasteiger partial charge in [-0.1, -0.05) is 31.2 Å². The number of aliphatic imine (C=N–C) groups is 1. The Morgan fingerprint density at radius 1 is 1.22 bits per heavy atom. The van der Waals surface area contributed by atoms with Crippen molar-refractivity contribution >= 4 is 40.8 Å². The lowest BCUT2D eigenvalue weighted by Gasteiger charge is -2.22. The van der Waals surface area contributed by atoms with Crippen LogP contribution in [0, 0.1) is 5.92 Å². The molecule has 0 bridgehead atoms. The van der Waals surface area contributed by atoms with Crippen LogP contribution in [-0.4, -0.2) is 54.6 Å².